The number of rotatable bonds is 2. The Bertz CT molecular complexity index is 1120. The first-order valence-electron chi connectivity index (χ1n) is 9.43. The number of nitrogens with zero attached hydrogens (tertiary/aromatic N) is 1. The number of anilines is 1. The minimum atomic E-state index is -0.217. The van der Waals surface area contributed by atoms with Gasteiger partial charge >= 0.3 is 5.63 Å². The standard InChI is InChI=1S/C22H20ClNO3/c1-2-13-6-3-4-9-19(13)24-11-17-20-16(10-18(23)21(17)26-12-24)14-7-5-8-15(14)22(25)27-20/h3-4,6,9-10H,2,5,7-8,11-12H2,1H3. The fourth-order valence-corrected chi connectivity index (χ4v) is 4.66. The third-order valence-electron chi connectivity index (χ3n) is 5.69. The minimum absolute atomic E-state index is 0.217. The number of fused-ring (bicyclic) bond motifs is 5. The highest BCUT2D eigenvalue weighted by Gasteiger charge is 2.28. The Morgan fingerprint density at radius 2 is 1.96 bits per heavy atom. The lowest BCUT2D eigenvalue weighted by atomic mass is 10.0. The fourth-order valence-electron chi connectivity index (χ4n) is 4.38. The predicted octanol–water partition coefficient (Wildman–Crippen LogP) is 4.85. The Balaban J connectivity index is 1.69. The molecule has 4 nitrogen and oxygen atoms in total. The molecule has 0 spiro atoms. The van der Waals surface area contributed by atoms with Gasteiger partial charge in [0.15, 0.2) is 6.73 Å². The third-order valence-corrected chi connectivity index (χ3v) is 5.97. The van der Waals surface area contributed by atoms with Crippen molar-refractivity contribution in [1.82, 2.24) is 0 Å². The number of benzene rings is 2. The van der Waals surface area contributed by atoms with Crippen LogP contribution in [0.1, 0.15) is 35.6 Å². The SMILES string of the molecule is CCc1ccccc1N1COc2c(Cl)cc3c4c(c(=O)oc3c2C1)CCC4. The number of ether oxygens (including phenoxy) is 1. The van der Waals surface area contributed by atoms with E-state index >= 15 is 0 Å². The maximum absolute atomic E-state index is 12.5. The lowest BCUT2D eigenvalue weighted by Crippen LogP contribution is -2.33. The smallest absolute Gasteiger partial charge is 0.339 e. The quantitative estimate of drug-likeness (QED) is 0.595. The van der Waals surface area contributed by atoms with Crippen LogP contribution in [0, 0.1) is 0 Å². The van der Waals surface area contributed by atoms with Crippen molar-refractivity contribution in [3.63, 3.8) is 0 Å². The minimum Gasteiger partial charge on any atom is -0.471 e. The van der Waals surface area contributed by atoms with E-state index < -0.39 is 0 Å². The summed E-state index contributed by atoms with van der Waals surface area (Å²) in [5.74, 6) is 0.635. The maximum atomic E-state index is 12.5. The van der Waals surface area contributed by atoms with E-state index in [0.29, 0.717) is 29.6 Å². The van der Waals surface area contributed by atoms with Crippen molar-refractivity contribution in [2.75, 3.05) is 11.6 Å². The third kappa shape index (κ3) is 2.54. The molecule has 2 aromatic carbocycles. The van der Waals surface area contributed by atoms with Crippen molar-refractivity contribution in [3.8, 4) is 5.75 Å². The number of hydrogen-bond acceptors (Lipinski definition) is 4. The van der Waals surface area contributed by atoms with Gasteiger partial charge in [-0.2, -0.15) is 0 Å². The number of aryl methyl sites for hydroxylation is 2. The van der Waals surface area contributed by atoms with Gasteiger partial charge in [0.25, 0.3) is 0 Å². The van der Waals surface area contributed by atoms with E-state index in [-0.39, 0.29) is 5.63 Å². The summed E-state index contributed by atoms with van der Waals surface area (Å²) in [6.07, 6.45) is 3.61. The number of hydrogen-bond donors (Lipinski definition) is 0. The van der Waals surface area contributed by atoms with Crippen molar-refractivity contribution < 1.29 is 9.15 Å². The molecule has 0 saturated carbocycles. The maximum Gasteiger partial charge on any atom is 0.339 e. The van der Waals surface area contributed by atoms with Crippen molar-refractivity contribution in [1.29, 1.82) is 0 Å². The topological polar surface area (TPSA) is 42.7 Å². The summed E-state index contributed by atoms with van der Waals surface area (Å²) in [6.45, 7) is 3.17. The molecule has 5 heteroatoms. The molecule has 27 heavy (non-hydrogen) atoms. The normalized spacial score (nSPS) is 15.6. The van der Waals surface area contributed by atoms with Gasteiger partial charge in [0, 0.05) is 16.6 Å². The van der Waals surface area contributed by atoms with Crippen LogP contribution in [0.15, 0.2) is 39.5 Å². The fraction of sp³-hybridized carbons (Fsp3) is 0.318. The molecule has 0 saturated heterocycles. The molecule has 0 atom stereocenters. The lowest BCUT2D eigenvalue weighted by Gasteiger charge is -2.32. The molecule has 138 valence electrons. The summed E-state index contributed by atoms with van der Waals surface area (Å²) in [5.41, 5.74) is 5.58. The highest BCUT2D eigenvalue weighted by Crippen LogP contribution is 2.42. The van der Waals surface area contributed by atoms with Gasteiger partial charge in [0.2, 0.25) is 0 Å². The zero-order valence-corrected chi connectivity index (χ0v) is 15.9. The van der Waals surface area contributed by atoms with Crippen LogP contribution in [0.5, 0.6) is 5.75 Å². The molecule has 5 rings (SSSR count). The predicted molar refractivity (Wildman–Crippen MR) is 107 cm³/mol. The molecule has 1 aliphatic carbocycles. The van der Waals surface area contributed by atoms with E-state index in [9.17, 15) is 4.79 Å². The summed E-state index contributed by atoms with van der Waals surface area (Å²) in [7, 11) is 0. The van der Waals surface area contributed by atoms with Gasteiger partial charge in [-0.05, 0) is 48.9 Å². The van der Waals surface area contributed by atoms with Gasteiger partial charge in [0.05, 0.1) is 17.1 Å². The first-order chi connectivity index (χ1) is 13.2. The van der Waals surface area contributed by atoms with Gasteiger partial charge in [-0.25, -0.2) is 4.79 Å². The van der Waals surface area contributed by atoms with Crippen molar-refractivity contribution >= 4 is 28.3 Å². The monoisotopic (exact) mass is 381 g/mol. The van der Waals surface area contributed by atoms with E-state index in [1.165, 1.54) is 5.56 Å². The van der Waals surface area contributed by atoms with Crippen molar-refractivity contribution in [3.05, 3.63) is 68.0 Å². The van der Waals surface area contributed by atoms with Crippen LogP contribution >= 0.6 is 11.6 Å². The first-order valence-corrected chi connectivity index (χ1v) is 9.80. The number of halogens is 1. The molecule has 1 aliphatic heterocycles. The van der Waals surface area contributed by atoms with E-state index in [2.05, 4.69) is 30.0 Å². The molecule has 0 unspecified atom stereocenters. The van der Waals surface area contributed by atoms with Gasteiger partial charge in [-0.3, -0.25) is 0 Å². The lowest BCUT2D eigenvalue weighted by molar-refractivity contribution is 0.289. The van der Waals surface area contributed by atoms with E-state index in [1.807, 2.05) is 12.1 Å². The first kappa shape index (κ1) is 16.7. The highest BCUT2D eigenvalue weighted by atomic mass is 35.5. The van der Waals surface area contributed by atoms with Gasteiger partial charge in [-0.1, -0.05) is 36.7 Å². The molecule has 0 N–H and O–H groups in total. The van der Waals surface area contributed by atoms with E-state index in [1.54, 1.807) is 0 Å². The van der Waals surface area contributed by atoms with Crippen molar-refractivity contribution in [2.45, 2.75) is 39.2 Å². The van der Waals surface area contributed by atoms with Crippen LogP contribution in [0.3, 0.4) is 0 Å². The molecule has 0 amide bonds. The molecular weight excluding hydrogens is 362 g/mol. The molecule has 0 bridgehead atoms. The van der Waals surface area contributed by atoms with E-state index in [0.717, 1.165) is 53.4 Å². The summed E-state index contributed by atoms with van der Waals surface area (Å²) >= 11 is 6.55. The Morgan fingerprint density at radius 1 is 1.15 bits per heavy atom. The van der Waals surface area contributed by atoms with Crippen molar-refractivity contribution in [2.24, 2.45) is 0 Å². The van der Waals surface area contributed by atoms with Crippen LogP contribution < -0.4 is 15.3 Å². The Labute approximate surface area is 162 Å². The molecule has 2 aliphatic rings. The Hall–Kier alpha value is -2.46. The van der Waals surface area contributed by atoms with Gasteiger partial charge in [-0.15, -0.1) is 0 Å². The molecule has 1 aromatic heterocycles. The summed E-state index contributed by atoms with van der Waals surface area (Å²) in [5, 5.41) is 1.55. The second-order valence-corrected chi connectivity index (χ2v) is 7.60. The summed E-state index contributed by atoms with van der Waals surface area (Å²) in [4.78, 5) is 14.7. The molecule has 2 heterocycles. The summed E-state index contributed by atoms with van der Waals surface area (Å²) < 4.78 is 11.8. The van der Waals surface area contributed by atoms with Crippen LogP contribution in [-0.2, 0) is 25.8 Å². The second-order valence-electron chi connectivity index (χ2n) is 7.20. The van der Waals surface area contributed by atoms with E-state index in [4.69, 9.17) is 20.8 Å². The Morgan fingerprint density at radius 3 is 2.81 bits per heavy atom. The summed E-state index contributed by atoms with van der Waals surface area (Å²) in [6, 6.07) is 10.2. The molecule has 0 fully saturated rings. The van der Waals surface area contributed by atoms with Crippen LogP contribution in [0.25, 0.3) is 11.0 Å². The Kier molecular flexibility index (Phi) is 3.90. The highest BCUT2D eigenvalue weighted by molar-refractivity contribution is 6.33. The van der Waals surface area contributed by atoms with Crippen LogP contribution in [0.4, 0.5) is 5.69 Å². The molecule has 0 radical (unpaired) electrons. The van der Waals surface area contributed by atoms with Gasteiger partial charge in [0.1, 0.15) is 11.3 Å². The average Bonchev–Trinajstić information content (AvgIpc) is 3.20. The zero-order chi connectivity index (χ0) is 18.5. The van der Waals surface area contributed by atoms with Crippen LogP contribution in [-0.4, -0.2) is 6.73 Å². The average molecular weight is 382 g/mol. The zero-order valence-electron chi connectivity index (χ0n) is 15.2. The largest absolute Gasteiger partial charge is 0.471 e. The second kappa shape index (κ2) is 6.31. The molecular formula is C22H20ClNO3. The molecule has 3 aromatic rings. The van der Waals surface area contributed by atoms with Crippen LogP contribution in [0.2, 0.25) is 5.02 Å². The van der Waals surface area contributed by atoms with Gasteiger partial charge < -0.3 is 14.1 Å². The number of para-hydroxylation sites is 1.